The van der Waals surface area contributed by atoms with Crippen LogP contribution in [0.5, 0.6) is 0 Å². The number of furan rings is 1. The molecule has 1 N–H and O–H groups in total. The van der Waals surface area contributed by atoms with Crippen LogP contribution in [0.1, 0.15) is 5.76 Å². The summed E-state index contributed by atoms with van der Waals surface area (Å²) >= 11 is 0. The third-order valence-electron chi connectivity index (χ3n) is 3.96. The standard InChI is InChI=1S/C15H16FNO5S2/c16-11-3-5-13(6-4-11)24(20,21)15-10-23(18,19)9-14(15)17-8-12-2-1-7-22-12/h1-7,14-15,17H,8-10H2/t14-,15-/m0/s1. The van der Waals surface area contributed by atoms with E-state index in [1.807, 2.05) is 0 Å². The Balaban J connectivity index is 1.86. The van der Waals surface area contributed by atoms with Crippen molar-refractivity contribution in [3.8, 4) is 0 Å². The molecule has 1 aromatic heterocycles. The molecule has 0 aliphatic carbocycles. The highest BCUT2D eigenvalue weighted by Gasteiger charge is 2.45. The normalized spacial score (nSPS) is 23.4. The molecule has 24 heavy (non-hydrogen) atoms. The fourth-order valence-corrected chi connectivity index (χ4v) is 7.47. The van der Waals surface area contributed by atoms with E-state index in [1.54, 1.807) is 12.1 Å². The first-order chi connectivity index (χ1) is 11.3. The van der Waals surface area contributed by atoms with Crippen LogP contribution in [0.4, 0.5) is 4.39 Å². The Bertz CT molecular complexity index is 905. The highest BCUT2D eigenvalue weighted by Crippen LogP contribution is 2.26. The number of hydrogen-bond donors (Lipinski definition) is 1. The Hall–Kier alpha value is -1.71. The smallest absolute Gasteiger partial charge is 0.183 e. The molecular weight excluding hydrogens is 357 g/mol. The number of nitrogens with one attached hydrogen (secondary N) is 1. The van der Waals surface area contributed by atoms with E-state index in [0.717, 1.165) is 24.3 Å². The lowest BCUT2D eigenvalue weighted by Gasteiger charge is -2.19. The van der Waals surface area contributed by atoms with E-state index in [9.17, 15) is 21.2 Å². The predicted molar refractivity (Wildman–Crippen MR) is 85.4 cm³/mol. The molecule has 0 bridgehead atoms. The first-order valence-corrected chi connectivity index (χ1v) is 10.6. The van der Waals surface area contributed by atoms with E-state index in [0.29, 0.717) is 5.76 Å². The van der Waals surface area contributed by atoms with E-state index in [1.165, 1.54) is 6.26 Å². The summed E-state index contributed by atoms with van der Waals surface area (Å²) in [4.78, 5) is -0.0872. The summed E-state index contributed by atoms with van der Waals surface area (Å²) in [6.45, 7) is 0.225. The molecule has 2 aromatic rings. The van der Waals surface area contributed by atoms with Crippen molar-refractivity contribution in [2.45, 2.75) is 22.7 Å². The molecule has 0 unspecified atom stereocenters. The zero-order chi connectivity index (χ0) is 17.4. The molecule has 0 saturated carbocycles. The molecule has 1 aliphatic heterocycles. The van der Waals surface area contributed by atoms with Gasteiger partial charge in [0.1, 0.15) is 11.6 Å². The molecule has 2 atom stereocenters. The highest BCUT2D eigenvalue weighted by molar-refractivity contribution is 7.96. The minimum atomic E-state index is -3.91. The average molecular weight is 373 g/mol. The Morgan fingerprint density at radius 3 is 2.50 bits per heavy atom. The predicted octanol–water partition coefficient (Wildman–Crippen LogP) is 1.15. The third kappa shape index (κ3) is 3.52. The van der Waals surface area contributed by atoms with Crippen molar-refractivity contribution in [2.24, 2.45) is 0 Å². The lowest BCUT2D eigenvalue weighted by atomic mass is 10.2. The molecule has 3 rings (SSSR count). The van der Waals surface area contributed by atoms with Crippen LogP contribution in [0.25, 0.3) is 0 Å². The van der Waals surface area contributed by atoms with Crippen LogP contribution in [-0.2, 0) is 26.2 Å². The summed E-state index contributed by atoms with van der Waals surface area (Å²) in [5.74, 6) is -0.695. The zero-order valence-corrected chi connectivity index (χ0v) is 14.2. The van der Waals surface area contributed by atoms with E-state index in [-0.39, 0.29) is 17.2 Å². The summed E-state index contributed by atoms with van der Waals surface area (Å²) in [6.07, 6.45) is 1.48. The number of halogens is 1. The maximum absolute atomic E-state index is 13.0. The van der Waals surface area contributed by atoms with Gasteiger partial charge < -0.3 is 9.73 Å². The van der Waals surface area contributed by atoms with Crippen molar-refractivity contribution < 1.29 is 25.6 Å². The number of hydrogen-bond acceptors (Lipinski definition) is 6. The van der Waals surface area contributed by atoms with Gasteiger partial charge in [-0.1, -0.05) is 0 Å². The van der Waals surface area contributed by atoms with Crippen molar-refractivity contribution in [1.29, 1.82) is 0 Å². The van der Waals surface area contributed by atoms with Crippen LogP contribution in [0.2, 0.25) is 0 Å². The number of sulfone groups is 2. The first-order valence-electron chi connectivity index (χ1n) is 7.23. The fraction of sp³-hybridized carbons (Fsp3) is 0.333. The zero-order valence-electron chi connectivity index (χ0n) is 12.6. The van der Waals surface area contributed by atoms with Gasteiger partial charge in [0.2, 0.25) is 0 Å². The van der Waals surface area contributed by atoms with Crippen molar-refractivity contribution in [3.05, 3.63) is 54.2 Å². The second kappa shape index (κ2) is 6.30. The van der Waals surface area contributed by atoms with Gasteiger partial charge >= 0.3 is 0 Å². The summed E-state index contributed by atoms with van der Waals surface area (Å²) in [5, 5.41) is 1.83. The van der Waals surface area contributed by atoms with Gasteiger partial charge in [-0.15, -0.1) is 0 Å². The van der Waals surface area contributed by atoms with Crippen molar-refractivity contribution in [3.63, 3.8) is 0 Å². The fourth-order valence-electron chi connectivity index (χ4n) is 2.76. The number of rotatable bonds is 5. The first kappa shape index (κ1) is 17.1. The summed E-state index contributed by atoms with van der Waals surface area (Å²) in [6, 6.07) is 7.03. The largest absolute Gasteiger partial charge is 0.468 e. The lowest BCUT2D eigenvalue weighted by Crippen LogP contribution is -2.42. The van der Waals surface area contributed by atoms with E-state index < -0.39 is 42.5 Å². The Kier molecular flexibility index (Phi) is 4.50. The molecule has 0 spiro atoms. The van der Waals surface area contributed by atoms with E-state index in [2.05, 4.69) is 5.32 Å². The average Bonchev–Trinajstić information content (AvgIpc) is 3.13. The molecule has 1 aliphatic rings. The summed E-state index contributed by atoms with van der Waals surface area (Å²) in [5.41, 5.74) is 0. The summed E-state index contributed by atoms with van der Waals surface area (Å²) < 4.78 is 67.6. The van der Waals surface area contributed by atoms with Crippen LogP contribution in [0.15, 0.2) is 52.0 Å². The SMILES string of the molecule is O=S1(=O)C[C@H](NCc2ccco2)[C@@H](S(=O)(=O)c2ccc(F)cc2)C1. The molecule has 2 heterocycles. The van der Waals surface area contributed by atoms with Gasteiger partial charge in [-0.25, -0.2) is 21.2 Å². The molecule has 130 valence electrons. The van der Waals surface area contributed by atoms with Gasteiger partial charge in [0, 0.05) is 6.04 Å². The van der Waals surface area contributed by atoms with Crippen LogP contribution < -0.4 is 5.32 Å². The molecule has 6 nitrogen and oxygen atoms in total. The number of benzene rings is 1. The molecule has 0 radical (unpaired) electrons. The maximum atomic E-state index is 13.0. The van der Waals surface area contributed by atoms with Gasteiger partial charge in [0.15, 0.2) is 19.7 Å². The Labute approximate surface area is 139 Å². The summed E-state index contributed by atoms with van der Waals surface area (Å²) in [7, 11) is -7.39. The molecule has 1 aromatic carbocycles. The van der Waals surface area contributed by atoms with Gasteiger partial charge in [-0.05, 0) is 36.4 Å². The van der Waals surface area contributed by atoms with E-state index in [4.69, 9.17) is 4.42 Å². The maximum Gasteiger partial charge on any atom is 0.183 e. The van der Waals surface area contributed by atoms with Crippen LogP contribution in [0.3, 0.4) is 0 Å². The van der Waals surface area contributed by atoms with Crippen molar-refractivity contribution in [2.75, 3.05) is 11.5 Å². The van der Waals surface area contributed by atoms with Crippen molar-refractivity contribution in [1.82, 2.24) is 5.32 Å². The van der Waals surface area contributed by atoms with Crippen LogP contribution >= 0.6 is 0 Å². The molecule has 1 saturated heterocycles. The Morgan fingerprint density at radius 2 is 1.88 bits per heavy atom. The minimum Gasteiger partial charge on any atom is -0.468 e. The van der Waals surface area contributed by atoms with Gasteiger partial charge in [0.25, 0.3) is 0 Å². The highest BCUT2D eigenvalue weighted by atomic mass is 32.2. The van der Waals surface area contributed by atoms with Crippen LogP contribution in [-0.4, -0.2) is 39.6 Å². The third-order valence-corrected chi connectivity index (χ3v) is 8.13. The molecule has 0 amide bonds. The van der Waals surface area contributed by atoms with E-state index >= 15 is 0 Å². The monoisotopic (exact) mass is 373 g/mol. The topological polar surface area (TPSA) is 93.4 Å². The second-order valence-electron chi connectivity index (χ2n) is 5.68. The van der Waals surface area contributed by atoms with Gasteiger partial charge in [-0.2, -0.15) is 0 Å². The quantitative estimate of drug-likeness (QED) is 0.790. The van der Waals surface area contributed by atoms with Crippen molar-refractivity contribution >= 4 is 19.7 Å². The van der Waals surface area contributed by atoms with Crippen LogP contribution in [0, 0.1) is 5.82 Å². The molecule has 1 fully saturated rings. The Morgan fingerprint density at radius 1 is 1.17 bits per heavy atom. The molecular formula is C15H16FNO5S2. The minimum absolute atomic E-state index is 0.0872. The second-order valence-corrected chi connectivity index (χ2v) is 10.0. The van der Waals surface area contributed by atoms with Gasteiger partial charge in [0.05, 0.1) is 34.5 Å². The molecule has 9 heteroatoms. The van der Waals surface area contributed by atoms with Gasteiger partial charge in [-0.3, -0.25) is 0 Å². The lowest BCUT2D eigenvalue weighted by molar-refractivity contribution is 0.454.